The Morgan fingerprint density at radius 2 is 1.92 bits per heavy atom. The second-order valence-electron chi connectivity index (χ2n) is 5.84. The van der Waals surface area contributed by atoms with Gasteiger partial charge in [-0.1, -0.05) is 36.7 Å². The zero-order valence-corrected chi connectivity index (χ0v) is 14.7. The Hall–Kier alpha value is -1.91. The predicted octanol–water partition coefficient (Wildman–Crippen LogP) is 3.37. The van der Waals surface area contributed by atoms with E-state index < -0.39 is 0 Å². The summed E-state index contributed by atoms with van der Waals surface area (Å²) in [5.74, 6) is 0.309. The lowest BCUT2D eigenvalue weighted by atomic mass is 9.97. The number of rotatable bonds is 4. The molecule has 1 aromatic heterocycles. The van der Waals surface area contributed by atoms with Crippen molar-refractivity contribution in [3.8, 4) is 0 Å². The third-order valence-corrected chi connectivity index (χ3v) is 4.40. The van der Waals surface area contributed by atoms with Crippen LogP contribution in [0, 0.1) is 0 Å². The van der Waals surface area contributed by atoms with Crippen molar-refractivity contribution in [2.75, 3.05) is 13.1 Å². The molecule has 2 N–H and O–H groups in total. The maximum atomic E-state index is 9.94. The molecule has 3 rings (SSSR count). The van der Waals surface area contributed by atoms with Gasteiger partial charge >= 0.3 is 0 Å². The maximum absolute atomic E-state index is 9.94. The molecule has 1 unspecified atom stereocenters. The Bertz CT molecular complexity index is 598. The molecule has 1 aliphatic heterocycles. The molecule has 4 nitrogen and oxygen atoms in total. The normalized spacial score (nSPS) is 15.8. The van der Waals surface area contributed by atoms with E-state index in [9.17, 15) is 4.79 Å². The minimum absolute atomic E-state index is 0.309. The van der Waals surface area contributed by atoms with Gasteiger partial charge in [0, 0.05) is 28.9 Å². The molecule has 1 atom stereocenters. The van der Waals surface area contributed by atoms with E-state index in [-0.39, 0.29) is 0 Å². The second kappa shape index (κ2) is 10.1. The topological polar surface area (TPSA) is 54.0 Å². The van der Waals surface area contributed by atoms with Gasteiger partial charge in [0.25, 0.3) is 0 Å². The van der Waals surface area contributed by atoms with E-state index in [0.29, 0.717) is 12.0 Å². The van der Waals surface area contributed by atoms with Gasteiger partial charge in [0.1, 0.15) is 0 Å². The van der Waals surface area contributed by atoms with Gasteiger partial charge < -0.3 is 10.6 Å². The molecule has 0 radical (unpaired) electrons. The van der Waals surface area contributed by atoms with Crippen molar-refractivity contribution in [3.63, 3.8) is 0 Å². The molecule has 0 saturated carbocycles. The highest BCUT2D eigenvalue weighted by molar-refractivity contribution is 6.30. The molecule has 5 heteroatoms. The van der Waals surface area contributed by atoms with Crippen LogP contribution in [0.3, 0.4) is 0 Å². The average Bonchev–Trinajstić information content (AvgIpc) is 2.64. The minimum atomic E-state index is 0.309. The van der Waals surface area contributed by atoms with Crippen LogP contribution in [0.15, 0.2) is 48.7 Å². The van der Waals surface area contributed by atoms with E-state index in [4.69, 9.17) is 11.6 Å². The molecule has 0 aliphatic carbocycles. The number of piperidine rings is 1. The summed E-state index contributed by atoms with van der Waals surface area (Å²) in [5, 5.41) is 6.75. The number of benzene rings is 1. The third-order valence-electron chi connectivity index (χ3n) is 4.14. The second-order valence-corrected chi connectivity index (χ2v) is 6.27. The molecule has 0 spiro atoms. The highest BCUT2D eigenvalue weighted by atomic mass is 35.5. The number of nitrogens with zero attached hydrogens (tertiary/aromatic N) is 1. The molecule has 2 heterocycles. The number of aromatic nitrogens is 1. The van der Waals surface area contributed by atoms with Gasteiger partial charge in [0.15, 0.2) is 0 Å². The summed E-state index contributed by atoms with van der Waals surface area (Å²) in [4.78, 5) is 14.3. The Balaban J connectivity index is 0.000000198. The van der Waals surface area contributed by atoms with Crippen LogP contribution in [-0.4, -0.2) is 30.5 Å². The van der Waals surface area contributed by atoms with Crippen LogP contribution >= 0.6 is 11.6 Å². The number of pyridine rings is 1. The lowest BCUT2D eigenvalue weighted by molar-refractivity contribution is -0.110. The maximum Gasteiger partial charge on any atom is 0.207 e. The van der Waals surface area contributed by atoms with Crippen molar-refractivity contribution in [3.05, 3.63) is 64.9 Å². The van der Waals surface area contributed by atoms with Gasteiger partial charge in [-0.05, 0) is 55.8 Å². The fourth-order valence-electron chi connectivity index (χ4n) is 2.64. The van der Waals surface area contributed by atoms with E-state index in [1.165, 1.54) is 5.56 Å². The minimum Gasteiger partial charge on any atom is -0.356 e. The van der Waals surface area contributed by atoms with Crippen molar-refractivity contribution >= 4 is 18.0 Å². The van der Waals surface area contributed by atoms with Crippen molar-refractivity contribution in [2.45, 2.75) is 31.7 Å². The van der Waals surface area contributed by atoms with Crippen molar-refractivity contribution in [1.82, 2.24) is 15.6 Å². The first kappa shape index (κ1) is 18.4. The molecule has 1 aromatic carbocycles. The van der Waals surface area contributed by atoms with Crippen LogP contribution in [-0.2, 0) is 4.79 Å². The first-order valence-electron chi connectivity index (χ1n) is 8.27. The van der Waals surface area contributed by atoms with Crippen LogP contribution in [0.5, 0.6) is 0 Å². The molecule has 128 valence electrons. The smallest absolute Gasteiger partial charge is 0.207 e. The highest BCUT2D eigenvalue weighted by Gasteiger charge is 2.10. The van der Waals surface area contributed by atoms with Gasteiger partial charge in [0.2, 0.25) is 6.41 Å². The first-order chi connectivity index (χ1) is 11.7. The number of hydrogen-bond acceptors (Lipinski definition) is 3. The van der Waals surface area contributed by atoms with E-state index >= 15 is 0 Å². The van der Waals surface area contributed by atoms with Crippen molar-refractivity contribution in [2.24, 2.45) is 0 Å². The fourth-order valence-corrected chi connectivity index (χ4v) is 2.77. The van der Waals surface area contributed by atoms with Gasteiger partial charge in [-0.15, -0.1) is 0 Å². The fraction of sp³-hybridized carbons (Fsp3) is 0.368. The summed E-state index contributed by atoms with van der Waals surface area (Å²) < 4.78 is 0. The Labute approximate surface area is 148 Å². The number of halogens is 1. The van der Waals surface area contributed by atoms with E-state index in [1.807, 2.05) is 48.7 Å². The lowest BCUT2D eigenvalue weighted by Crippen LogP contribution is -2.39. The quantitative estimate of drug-likeness (QED) is 0.835. The summed E-state index contributed by atoms with van der Waals surface area (Å²) in [5.41, 5.74) is 2.32. The van der Waals surface area contributed by atoms with Crippen LogP contribution < -0.4 is 10.6 Å². The summed E-state index contributed by atoms with van der Waals surface area (Å²) in [6.45, 7) is 4.21. The van der Waals surface area contributed by atoms with E-state index in [0.717, 1.165) is 43.1 Å². The predicted molar refractivity (Wildman–Crippen MR) is 98.3 cm³/mol. The first-order valence-corrected chi connectivity index (χ1v) is 8.65. The Kier molecular flexibility index (Phi) is 7.72. The number of nitrogens with one attached hydrogen (secondary N) is 2. The summed E-state index contributed by atoms with van der Waals surface area (Å²) in [6.07, 6.45) is 4.75. The molecule has 1 fully saturated rings. The molecule has 1 saturated heterocycles. The van der Waals surface area contributed by atoms with Crippen LogP contribution in [0.4, 0.5) is 0 Å². The number of carbonyl (C=O) groups is 1. The van der Waals surface area contributed by atoms with Gasteiger partial charge in [0.05, 0.1) is 0 Å². The number of carbonyl (C=O) groups excluding carboxylic acids is 1. The van der Waals surface area contributed by atoms with Gasteiger partial charge in [-0.25, -0.2) is 0 Å². The monoisotopic (exact) mass is 345 g/mol. The molecular formula is C19H24ClN3O. The molecule has 1 aliphatic rings. The number of hydrogen-bond donors (Lipinski definition) is 2. The van der Waals surface area contributed by atoms with Crippen LogP contribution in [0.2, 0.25) is 5.02 Å². The molecule has 1 amide bonds. The Morgan fingerprint density at radius 1 is 1.21 bits per heavy atom. The molecule has 24 heavy (non-hydrogen) atoms. The van der Waals surface area contributed by atoms with Crippen LogP contribution in [0.25, 0.3) is 0 Å². The summed E-state index contributed by atoms with van der Waals surface area (Å²) in [7, 11) is 0. The summed E-state index contributed by atoms with van der Waals surface area (Å²) in [6, 6.07) is 14.3. The van der Waals surface area contributed by atoms with Crippen molar-refractivity contribution < 1.29 is 4.79 Å². The molecular weight excluding hydrogens is 322 g/mol. The Morgan fingerprint density at radius 3 is 2.50 bits per heavy atom. The van der Waals surface area contributed by atoms with E-state index in [1.54, 1.807) is 0 Å². The van der Waals surface area contributed by atoms with Gasteiger partial charge in [-0.2, -0.15) is 0 Å². The van der Waals surface area contributed by atoms with Crippen molar-refractivity contribution in [1.29, 1.82) is 0 Å². The SMILES string of the molecule is CC(c1ccc(Cl)cc1)c1ccccn1.O=CNC1CCNCC1. The third kappa shape index (κ3) is 5.95. The molecule has 2 aromatic rings. The zero-order valence-electron chi connectivity index (χ0n) is 13.9. The average molecular weight is 346 g/mol. The molecule has 0 bridgehead atoms. The largest absolute Gasteiger partial charge is 0.356 e. The van der Waals surface area contributed by atoms with Crippen LogP contribution in [0.1, 0.15) is 36.9 Å². The lowest BCUT2D eigenvalue weighted by Gasteiger charge is -2.21. The van der Waals surface area contributed by atoms with Gasteiger partial charge in [-0.3, -0.25) is 9.78 Å². The highest BCUT2D eigenvalue weighted by Crippen LogP contribution is 2.23. The number of amides is 1. The standard InChI is InChI=1S/C13H12ClN.C6H12N2O/c1-10(13-4-2-3-9-15-13)11-5-7-12(14)8-6-11;9-5-8-6-1-3-7-4-2-6/h2-10H,1H3;5-7H,1-4H2,(H,8,9). The van der Waals surface area contributed by atoms with E-state index in [2.05, 4.69) is 22.5 Å². The zero-order chi connectivity index (χ0) is 17.2. The summed E-state index contributed by atoms with van der Waals surface area (Å²) >= 11 is 5.85.